The van der Waals surface area contributed by atoms with Crippen LogP contribution in [0.25, 0.3) is 0 Å². The molecule has 8 heteroatoms. The van der Waals surface area contributed by atoms with E-state index >= 15 is 0 Å². The lowest BCUT2D eigenvalue weighted by Gasteiger charge is -2.28. The Morgan fingerprint density at radius 2 is 2.05 bits per heavy atom. The van der Waals surface area contributed by atoms with Gasteiger partial charge in [-0.1, -0.05) is 6.92 Å². The third kappa shape index (κ3) is 3.49. The molecule has 0 aromatic carbocycles. The predicted molar refractivity (Wildman–Crippen MR) is 67.8 cm³/mol. The van der Waals surface area contributed by atoms with Crippen LogP contribution in [-0.4, -0.2) is 38.8 Å². The van der Waals surface area contributed by atoms with Gasteiger partial charge >= 0.3 is 6.18 Å². The molecular weight excluding hydrogens is 271 g/mol. The first kappa shape index (κ1) is 15.2. The molecule has 1 aromatic rings. The Labute approximate surface area is 115 Å². The van der Waals surface area contributed by atoms with Crippen molar-refractivity contribution in [3.8, 4) is 0 Å². The molecule has 1 aromatic heterocycles. The van der Waals surface area contributed by atoms with Crippen LogP contribution in [0.5, 0.6) is 0 Å². The first-order chi connectivity index (χ1) is 9.41. The lowest BCUT2D eigenvalue weighted by atomic mass is 10.1. The second-order valence-corrected chi connectivity index (χ2v) is 5.18. The lowest BCUT2D eigenvalue weighted by molar-refractivity contribution is -0.148. The van der Waals surface area contributed by atoms with Gasteiger partial charge in [0.1, 0.15) is 5.82 Å². The maximum atomic E-state index is 12.7. The van der Waals surface area contributed by atoms with Gasteiger partial charge < -0.3 is 10.3 Å². The molecule has 1 aliphatic rings. The van der Waals surface area contributed by atoms with Gasteiger partial charge in [0.05, 0.1) is 6.54 Å². The van der Waals surface area contributed by atoms with E-state index in [1.807, 2.05) is 6.92 Å². The number of hydrogen-bond acceptors (Lipinski definition) is 4. The average Bonchev–Trinajstić information content (AvgIpc) is 2.81. The number of halogens is 3. The topological polar surface area (TPSA) is 60.0 Å². The van der Waals surface area contributed by atoms with Gasteiger partial charge in [-0.2, -0.15) is 13.2 Å². The third-order valence-electron chi connectivity index (χ3n) is 3.66. The van der Waals surface area contributed by atoms with Crippen molar-refractivity contribution in [3.05, 3.63) is 11.6 Å². The molecule has 2 N–H and O–H groups in total. The minimum atomic E-state index is -4.43. The molecule has 0 radical (unpaired) electrons. The third-order valence-corrected chi connectivity index (χ3v) is 3.66. The molecule has 0 fully saturated rings. The van der Waals surface area contributed by atoms with Crippen LogP contribution in [0.1, 0.15) is 37.8 Å². The number of aromatic nitrogens is 3. The van der Waals surface area contributed by atoms with Crippen LogP contribution >= 0.6 is 0 Å². The number of rotatable bonds is 5. The smallest absolute Gasteiger partial charge is 0.328 e. The molecule has 2 rings (SSSR count). The van der Waals surface area contributed by atoms with Crippen LogP contribution in [0.4, 0.5) is 13.2 Å². The standard InChI is InChI=1S/C12H20F3N5/c1-2-9(16)4-3-5-19-6-7-20-10(8-19)17-18-11(20)12(13,14)15/h9H,2-8,16H2,1H3. The highest BCUT2D eigenvalue weighted by Crippen LogP contribution is 2.29. The van der Waals surface area contributed by atoms with E-state index in [-0.39, 0.29) is 12.6 Å². The molecule has 0 aliphatic carbocycles. The maximum Gasteiger partial charge on any atom is 0.451 e. The molecule has 114 valence electrons. The number of nitrogens with two attached hydrogens (primary N) is 1. The summed E-state index contributed by atoms with van der Waals surface area (Å²) >= 11 is 0. The van der Waals surface area contributed by atoms with Crippen molar-refractivity contribution in [1.82, 2.24) is 19.7 Å². The molecule has 5 nitrogen and oxygen atoms in total. The van der Waals surface area contributed by atoms with Crippen molar-refractivity contribution < 1.29 is 13.2 Å². The van der Waals surface area contributed by atoms with E-state index < -0.39 is 12.0 Å². The Morgan fingerprint density at radius 3 is 2.70 bits per heavy atom. The van der Waals surface area contributed by atoms with Crippen molar-refractivity contribution in [2.45, 2.75) is 51.5 Å². The number of fused-ring (bicyclic) bond motifs is 1. The molecule has 0 saturated heterocycles. The zero-order valence-electron chi connectivity index (χ0n) is 11.5. The van der Waals surface area contributed by atoms with Crippen molar-refractivity contribution in [2.24, 2.45) is 5.73 Å². The minimum Gasteiger partial charge on any atom is -0.328 e. The molecule has 1 unspecified atom stereocenters. The van der Waals surface area contributed by atoms with Gasteiger partial charge in [0, 0.05) is 19.1 Å². The highest BCUT2D eigenvalue weighted by atomic mass is 19.4. The summed E-state index contributed by atoms with van der Waals surface area (Å²) in [5.41, 5.74) is 5.85. The summed E-state index contributed by atoms with van der Waals surface area (Å²) in [4.78, 5) is 2.10. The molecule has 20 heavy (non-hydrogen) atoms. The summed E-state index contributed by atoms with van der Waals surface area (Å²) in [6, 6.07) is 0.209. The second kappa shape index (κ2) is 6.09. The summed E-state index contributed by atoms with van der Waals surface area (Å²) in [5.74, 6) is -0.497. The quantitative estimate of drug-likeness (QED) is 0.896. The zero-order chi connectivity index (χ0) is 14.8. The van der Waals surface area contributed by atoms with E-state index in [9.17, 15) is 13.2 Å². The van der Waals surface area contributed by atoms with E-state index in [0.29, 0.717) is 18.9 Å². The Hall–Kier alpha value is -1.15. The Morgan fingerprint density at radius 1 is 1.30 bits per heavy atom. The minimum absolute atomic E-state index is 0.209. The first-order valence-corrected chi connectivity index (χ1v) is 6.89. The van der Waals surface area contributed by atoms with Gasteiger partial charge in [-0.3, -0.25) is 4.90 Å². The van der Waals surface area contributed by atoms with Gasteiger partial charge in [0.15, 0.2) is 0 Å². The van der Waals surface area contributed by atoms with E-state index in [4.69, 9.17) is 5.73 Å². The van der Waals surface area contributed by atoms with Gasteiger partial charge in [0.2, 0.25) is 5.82 Å². The number of hydrogen-bond donors (Lipinski definition) is 1. The van der Waals surface area contributed by atoms with Crippen molar-refractivity contribution >= 4 is 0 Å². The fraction of sp³-hybridized carbons (Fsp3) is 0.833. The van der Waals surface area contributed by atoms with Crippen molar-refractivity contribution in [2.75, 3.05) is 13.1 Å². The summed E-state index contributed by atoms with van der Waals surface area (Å²) in [7, 11) is 0. The fourth-order valence-electron chi connectivity index (χ4n) is 2.39. The highest BCUT2D eigenvalue weighted by Gasteiger charge is 2.39. The number of alkyl halides is 3. The van der Waals surface area contributed by atoms with Crippen LogP contribution in [-0.2, 0) is 19.3 Å². The fourth-order valence-corrected chi connectivity index (χ4v) is 2.39. The van der Waals surface area contributed by atoms with Crippen LogP contribution < -0.4 is 5.73 Å². The van der Waals surface area contributed by atoms with Gasteiger partial charge in [-0.25, -0.2) is 0 Å². The summed E-state index contributed by atoms with van der Waals surface area (Å²) < 4.78 is 39.2. The maximum absolute atomic E-state index is 12.7. The molecular formula is C12H20F3N5. The molecule has 2 heterocycles. The summed E-state index contributed by atoms with van der Waals surface area (Å²) in [6.07, 6.45) is -1.59. The Balaban J connectivity index is 1.90. The Bertz CT molecular complexity index is 443. The largest absolute Gasteiger partial charge is 0.451 e. The SMILES string of the molecule is CCC(N)CCCN1CCn2c(nnc2C(F)(F)F)C1. The molecule has 0 spiro atoms. The van der Waals surface area contributed by atoms with Crippen molar-refractivity contribution in [3.63, 3.8) is 0 Å². The average molecular weight is 291 g/mol. The summed E-state index contributed by atoms with van der Waals surface area (Å²) in [6.45, 7) is 4.19. The van der Waals surface area contributed by atoms with E-state index in [1.54, 1.807) is 0 Å². The van der Waals surface area contributed by atoms with Crippen molar-refractivity contribution in [1.29, 1.82) is 0 Å². The zero-order valence-corrected chi connectivity index (χ0v) is 11.5. The second-order valence-electron chi connectivity index (χ2n) is 5.18. The molecule has 0 bridgehead atoms. The molecule has 1 atom stereocenters. The first-order valence-electron chi connectivity index (χ1n) is 6.89. The van der Waals surface area contributed by atoms with E-state index in [0.717, 1.165) is 25.8 Å². The lowest BCUT2D eigenvalue weighted by Crippen LogP contribution is -2.36. The van der Waals surface area contributed by atoms with E-state index in [1.165, 1.54) is 4.57 Å². The van der Waals surface area contributed by atoms with Crippen LogP contribution in [0.3, 0.4) is 0 Å². The normalized spacial score (nSPS) is 18.1. The Kier molecular flexibility index (Phi) is 4.64. The van der Waals surface area contributed by atoms with Gasteiger partial charge in [-0.15, -0.1) is 10.2 Å². The highest BCUT2D eigenvalue weighted by molar-refractivity contribution is 5.02. The molecule has 1 aliphatic heterocycles. The summed E-state index contributed by atoms with van der Waals surface area (Å²) in [5, 5.41) is 6.93. The van der Waals surface area contributed by atoms with Gasteiger partial charge in [-0.05, 0) is 25.8 Å². The van der Waals surface area contributed by atoms with Crippen LogP contribution in [0.2, 0.25) is 0 Å². The van der Waals surface area contributed by atoms with Gasteiger partial charge in [0.25, 0.3) is 0 Å². The van der Waals surface area contributed by atoms with Crippen LogP contribution in [0, 0.1) is 0 Å². The van der Waals surface area contributed by atoms with E-state index in [2.05, 4.69) is 15.1 Å². The monoisotopic (exact) mass is 291 g/mol. The number of nitrogens with zero attached hydrogens (tertiary/aromatic N) is 4. The van der Waals surface area contributed by atoms with Crippen LogP contribution in [0.15, 0.2) is 0 Å². The molecule has 0 amide bonds. The molecule has 0 saturated carbocycles. The predicted octanol–water partition coefficient (Wildman–Crippen LogP) is 1.63.